The van der Waals surface area contributed by atoms with E-state index in [0.717, 1.165) is 22.1 Å². The molecule has 0 aliphatic heterocycles. The lowest BCUT2D eigenvalue weighted by Gasteiger charge is -2.13. The van der Waals surface area contributed by atoms with E-state index in [1.165, 1.54) is 0 Å². The lowest BCUT2D eigenvalue weighted by atomic mass is 9.97. The number of aliphatic hydroxyl groups excluding tert-OH is 1. The summed E-state index contributed by atoms with van der Waals surface area (Å²) in [4.78, 5) is 12.0. The summed E-state index contributed by atoms with van der Waals surface area (Å²) in [6.07, 6.45) is 0.579. The first-order valence-electron chi connectivity index (χ1n) is 7.12. The molecular weight excluding hydrogens is 266 g/mol. The maximum Gasteiger partial charge on any atom is 0.227 e. The molecule has 21 heavy (non-hydrogen) atoms. The highest BCUT2D eigenvalue weighted by atomic mass is 16.5. The number of methoxy groups -OCH3 is 1. The van der Waals surface area contributed by atoms with Crippen molar-refractivity contribution in [1.29, 1.82) is 0 Å². The first-order valence-corrected chi connectivity index (χ1v) is 7.12. The standard InChI is InChI=1S/C17H21NO3/c1-12(17(20)18-8-3-9-19)13-4-5-15-11-16(21-2)7-6-14(15)10-13/h4-7,10-12,19H,3,8-9H2,1-2H3,(H,18,20)/t12-/m0/s1. The van der Waals surface area contributed by atoms with Crippen molar-refractivity contribution < 1.29 is 14.6 Å². The minimum Gasteiger partial charge on any atom is -0.497 e. The molecule has 2 N–H and O–H groups in total. The van der Waals surface area contributed by atoms with Crippen LogP contribution in [-0.4, -0.2) is 31.3 Å². The van der Waals surface area contributed by atoms with Gasteiger partial charge in [-0.25, -0.2) is 0 Å². The molecule has 0 radical (unpaired) electrons. The van der Waals surface area contributed by atoms with Crippen LogP contribution in [0.3, 0.4) is 0 Å². The molecule has 0 unspecified atom stereocenters. The van der Waals surface area contributed by atoms with Crippen LogP contribution in [0.4, 0.5) is 0 Å². The van der Waals surface area contributed by atoms with Gasteiger partial charge >= 0.3 is 0 Å². The lowest BCUT2D eigenvalue weighted by molar-refractivity contribution is -0.122. The molecule has 0 saturated heterocycles. The smallest absolute Gasteiger partial charge is 0.227 e. The highest BCUT2D eigenvalue weighted by molar-refractivity contribution is 5.88. The molecule has 4 nitrogen and oxygen atoms in total. The number of carbonyl (C=O) groups excluding carboxylic acids is 1. The van der Waals surface area contributed by atoms with Crippen molar-refractivity contribution in [3.8, 4) is 5.75 Å². The van der Waals surface area contributed by atoms with E-state index in [1.54, 1.807) is 7.11 Å². The van der Waals surface area contributed by atoms with E-state index < -0.39 is 0 Å². The molecule has 2 aromatic carbocycles. The molecule has 112 valence electrons. The van der Waals surface area contributed by atoms with Gasteiger partial charge in [-0.1, -0.05) is 24.3 Å². The van der Waals surface area contributed by atoms with Crippen LogP contribution in [0.2, 0.25) is 0 Å². The number of carbonyl (C=O) groups is 1. The minimum atomic E-state index is -0.213. The van der Waals surface area contributed by atoms with Crippen molar-refractivity contribution in [3.05, 3.63) is 42.0 Å². The molecule has 0 aliphatic rings. The SMILES string of the molecule is COc1ccc2cc([C@H](C)C(=O)NCCCO)ccc2c1. The minimum absolute atomic E-state index is 0.0173. The molecule has 0 spiro atoms. The second-order valence-electron chi connectivity index (χ2n) is 5.06. The zero-order valence-electron chi connectivity index (χ0n) is 12.4. The number of aliphatic hydroxyl groups is 1. The number of hydrogen-bond acceptors (Lipinski definition) is 3. The second kappa shape index (κ2) is 7.09. The highest BCUT2D eigenvalue weighted by Gasteiger charge is 2.14. The third-order valence-electron chi connectivity index (χ3n) is 3.60. The molecular formula is C17H21NO3. The van der Waals surface area contributed by atoms with Crippen LogP contribution in [0.5, 0.6) is 5.75 Å². The highest BCUT2D eigenvalue weighted by Crippen LogP contribution is 2.25. The maximum absolute atomic E-state index is 12.0. The van der Waals surface area contributed by atoms with Gasteiger partial charge < -0.3 is 15.2 Å². The number of benzene rings is 2. The molecule has 0 fully saturated rings. The molecule has 0 aliphatic carbocycles. The summed E-state index contributed by atoms with van der Waals surface area (Å²) in [5.74, 6) is 0.594. The molecule has 2 aromatic rings. The van der Waals surface area contributed by atoms with Crippen LogP contribution in [0, 0.1) is 0 Å². The van der Waals surface area contributed by atoms with Crippen LogP contribution in [0.1, 0.15) is 24.8 Å². The molecule has 0 heterocycles. The van der Waals surface area contributed by atoms with E-state index in [9.17, 15) is 4.79 Å². The molecule has 1 amide bonds. The Morgan fingerprint density at radius 1 is 1.24 bits per heavy atom. The van der Waals surface area contributed by atoms with Gasteiger partial charge in [0.25, 0.3) is 0 Å². The van der Waals surface area contributed by atoms with Gasteiger partial charge in [-0.05, 0) is 41.8 Å². The number of hydrogen-bond donors (Lipinski definition) is 2. The van der Waals surface area contributed by atoms with E-state index in [2.05, 4.69) is 5.32 Å². The average molecular weight is 287 g/mol. The predicted octanol–water partition coefficient (Wildman–Crippen LogP) is 2.45. The summed E-state index contributed by atoms with van der Waals surface area (Å²) >= 11 is 0. The Bertz CT molecular complexity index is 624. The number of ether oxygens (including phenoxy) is 1. The van der Waals surface area contributed by atoms with Crippen LogP contribution in [0.25, 0.3) is 10.8 Å². The first-order chi connectivity index (χ1) is 10.2. The Morgan fingerprint density at radius 2 is 1.95 bits per heavy atom. The zero-order chi connectivity index (χ0) is 15.2. The van der Waals surface area contributed by atoms with Gasteiger partial charge in [0, 0.05) is 13.2 Å². The number of rotatable bonds is 6. The zero-order valence-corrected chi connectivity index (χ0v) is 12.4. The summed E-state index contributed by atoms with van der Waals surface area (Å²) in [5, 5.41) is 13.7. The topological polar surface area (TPSA) is 58.6 Å². The Kier molecular flexibility index (Phi) is 5.17. The third kappa shape index (κ3) is 3.73. The maximum atomic E-state index is 12.0. The van der Waals surface area contributed by atoms with Gasteiger partial charge in [-0.2, -0.15) is 0 Å². The fourth-order valence-corrected chi connectivity index (χ4v) is 2.23. The normalized spacial score (nSPS) is 12.1. The fraction of sp³-hybridized carbons (Fsp3) is 0.353. The van der Waals surface area contributed by atoms with E-state index in [0.29, 0.717) is 13.0 Å². The van der Waals surface area contributed by atoms with Gasteiger partial charge in [-0.15, -0.1) is 0 Å². The van der Waals surface area contributed by atoms with E-state index in [1.807, 2.05) is 43.3 Å². The summed E-state index contributed by atoms with van der Waals surface area (Å²) in [6, 6.07) is 11.9. The Balaban J connectivity index is 2.16. The average Bonchev–Trinajstić information content (AvgIpc) is 2.53. The van der Waals surface area contributed by atoms with E-state index in [4.69, 9.17) is 9.84 Å². The number of fused-ring (bicyclic) bond motifs is 1. The quantitative estimate of drug-likeness (QED) is 0.802. The van der Waals surface area contributed by atoms with Crippen molar-refractivity contribution in [2.75, 3.05) is 20.3 Å². The predicted molar refractivity (Wildman–Crippen MR) is 83.6 cm³/mol. The van der Waals surface area contributed by atoms with Gasteiger partial charge in [0.1, 0.15) is 5.75 Å². The van der Waals surface area contributed by atoms with Gasteiger partial charge in [0.05, 0.1) is 13.0 Å². The van der Waals surface area contributed by atoms with Crippen LogP contribution in [0.15, 0.2) is 36.4 Å². The van der Waals surface area contributed by atoms with Crippen molar-refractivity contribution in [3.63, 3.8) is 0 Å². The summed E-state index contributed by atoms with van der Waals surface area (Å²) in [7, 11) is 1.65. The van der Waals surface area contributed by atoms with Crippen molar-refractivity contribution in [2.45, 2.75) is 19.3 Å². The molecule has 0 aromatic heterocycles. The number of amides is 1. The summed E-state index contributed by atoms with van der Waals surface area (Å²) < 4.78 is 5.21. The third-order valence-corrected chi connectivity index (χ3v) is 3.60. The van der Waals surface area contributed by atoms with Crippen LogP contribution < -0.4 is 10.1 Å². The molecule has 0 saturated carbocycles. The fourth-order valence-electron chi connectivity index (χ4n) is 2.23. The molecule has 0 bridgehead atoms. The molecule has 4 heteroatoms. The van der Waals surface area contributed by atoms with Gasteiger partial charge in [-0.3, -0.25) is 4.79 Å². The largest absolute Gasteiger partial charge is 0.497 e. The monoisotopic (exact) mass is 287 g/mol. The Hall–Kier alpha value is -2.07. The molecule has 2 rings (SSSR count). The van der Waals surface area contributed by atoms with Gasteiger partial charge in [0.2, 0.25) is 5.91 Å². The lowest BCUT2D eigenvalue weighted by Crippen LogP contribution is -2.29. The summed E-state index contributed by atoms with van der Waals surface area (Å²) in [6.45, 7) is 2.48. The second-order valence-corrected chi connectivity index (χ2v) is 5.06. The summed E-state index contributed by atoms with van der Waals surface area (Å²) in [5.41, 5.74) is 0.981. The number of nitrogens with one attached hydrogen (secondary N) is 1. The first kappa shape index (κ1) is 15.3. The van der Waals surface area contributed by atoms with Crippen LogP contribution in [-0.2, 0) is 4.79 Å². The van der Waals surface area contributed by atoms with Crippen molar-refractivity contribution >= 4 is 16.7 Å². The Labute approximate surface area is 124 Å². The Morgan fingerprint density at radius 3 is 2.67 bits per heavy atom. The van der Waals surface area contributed by atoms with Crippen LogP contribution >= 0.6 is 0 Å². The van der Waals surface area contributed by atoms with Crippen molar-refractivity contribution in [1.82, 2.24) is 5.32 Å². The van der Waals surface area contributed by atoms with Crippen molar-refractivity contribution in [2.24, 2.45) is 0 Å². The van der Waals surface area contributed by atoms with E-state index >= 15 is 0 Å². The van der Waals surface area contributed by atoms with E-state index in [-0.39, 0.29) is 18.4 Å². The molecule has 1 atom stereocenters. The van der Waals surface area contributed by atoms with Gasteiger partial charge in [0.15, 0.2) is 0 Å².